The van der Waals surface area contributed by atoms with Gasteiger partial charge in [0, 0.05) is 13.1 Å². The average Bonchev–Trinajstić information content (AvgIpc) is 2.52. The fourth-order valence-electron chi connectivity index (χ4n) is 2.53. The van der Waals surface area contributed by atoms with Crippen molar-refractivity contribution >= 4 is 17.9 Å². The lowest BCUT2D eigenvalue weighted by atomic mass is 9.96. The summed E-state index contributed by atoms with van der Waals surface area (Å²) in [5.74, 6) is 0.432. The molecule has 1 aliphatic rings. The number of nitrogens with zero attached hydrogens (tertiary/aromatic N) is 2. The van der Waals surface area contributed by atoms with Gasteiger partial charge >= 0.3 is 6.09 Å². The van der Waals surface area contributed by atoms with Crippen molar-refractivity contribution in [3.8, 4) is 0 Å². The van der Waals surface area contributed by atoms with E-state index in [4.69, 9.17) is 4.74 Å². The Kier molecular flexibility index (Phi) is 5.53. The number of benzene rings is 1. The molecule has 124 valence electrons. The van der Waals surface area contributed by atoms with Crippen LogP contribution in [0.15, 0.2) is 35.5 Å². The average molecular weight is 316 g/mol. The molecule has 1 saturated heterocycles. The molecule has 0 radical (unpaired) electrons. The van der Waals surface area contributed by atoms with E-state index in [0.29, 0.717) is 24.7 Å². The topological polar surface area (TPSA) is 59.0 Å². The summed E-state index contributed by atoms with van der Waals surface area (Å²) in [6.07, 6.45) is 5.77. The van der Waals surface area contributed by atoms with Crippen LogP contribution >= 0.6 is 0 Å². The number of carbonyl (C=O) groups is 1. The van der Waals surface area contributed by atoms with Crippen LogP contribution in [0.25, 0.3) is 6.08 Å². The fourth-order valence-corrected chi connectivity index (χ4v) is 2.53. The Morgan fingerprint density at radius 2 is 2.00 bits per heavy atom. The van der Waals surface area contributed by atoms with Crippen LogP contribution in [0.3, 0.4) is 0 Å². The minimum atomic E-state index is -0.453. The first-order valence-corrected chi connectivity index (χ1v) is 7.97. The largest absolute Gasteiger partial charge is 0.444 e. The second-order valence-electron chi connectivity index (χ2n) is 6.85. The van der Waals surface area contributed by atoms with Gasteiger partial charge in [0.05, 0.1) is 0 Å². The Morgan fingerprint density at radius 1 is 1.30 bits per heavy atom. The fraction of sp³-hybridized carbons (Fsp3) is 0.500. The van der Waals surface area contributed by atoms with E-state index in [-0.39, 0.29) is 6.09 Å². The van der Waals surface area contributed by atoms with Gasteiger partial charge in [-0.05, 0) is 62.4 Å². The highest BCUT2D eigenvalue weighted by Gasteiger charge is 2.25. The van der Waals surface area contributed by atoms with Crippen LogP contribution in [-0.2, 0) is 4.74 Å². The molecule has 1 amide bonds. The lowest BCUT2D eigenvalue weighted by Crippen LogP contribution is -2.41. The van der Waals surface area contributed by atoms with E-state index in [1.165, 1.54) is 0 Å². The highest BCUT2D eigenvalue weighted by Crippen LogP contribution is 2.22. The summed E-state index contributed by atoms with van der Waals surface area (Å²) in [6.45, 7) is 7.05. The second-order valence-corrected chi connectivity index (χ2v) is 6.85. The van der Waals surface area contributed by atoms with Crippen LogP contribution in [0.1, 0.15) is 39.2 Å². The number of ether oxygens (including phenoxy) is 1. The SMILES string of the molecule is CC(C)(C)OC(=O)N1CCC(/C=C/c2cccc(N=O)c2)CC1. The van der Waals surface area contributed by atoms with Crippen molar-refractivity contribution in [1.29, 1.82) is 0 Å². The third-order valence-corrected chi connectivity index (χ3v) is 3.73. The van der Waals surface area contributed by atoms with Crippen LogP contribution in [0.4, 0.5) is 10.5 Å². The third kappa shape index (κ3) is 5.51. The minimum Gasteiger partial charge on any atom is -0.444 e. The van der Waals surface area contributed by atoms with Crippen LogP contribution in [0.5, 0.6) is 0 Å². The van der Waals surface area contributed by atoms with Crippen LogP contribution in [0.2, 0.25) is 0 Å². The molecular formula is C18H24N2O3. The third-order valence-electron chi connectivity index (χ3n) is 3.73. The summed E-state index contributed by atoms with van der Waals surface area (Å²) in [5, 5.41) is 2.94. The molecule has 1 aromatic rings. The summed E-state index contributed by atoms with van der Waals surface area (Å²) in [4.78, 5) is 24.3. The molecular weight excluding hydrogens is 292 g/mol. The Morgan fingerprint density at radius 3 is 2.61 bits per heavy atom. The van der Waals surface area contributed by atoms with Crippen molar-refractivity contribution in [1.82, 2.24) is 4.90 Å². The van der Waals surface area contributed by atoms with Gasteiger partial charge in [0.15, 0.2) is 0 Å². The maximum absolute atomic E-state index is 12.0. The van der Waals surface area contributed by atoms with Crippen molar-refractivity contribution in [2.24, 2.45) is 11.1 Å². The van der Waals surface area contributed by atoms with Gasteiger partial charge in [-0.3, -0.25) is 0 Å². The first-order chi connectivity index (χ1) is 10.9. The predicted molar refractivity (Wildman–Crippen MR) is 91.5 cm³/mol. The van der Waals surface area contributed by atoms with Crippen molar-refractivity contribution in [2.75, 3.05) is 13.1 Å². The van der Waals surface area contributed by atoms with E-state index in [1.807, 2.05) is 39.0 Å². The van der Waals surface area contributed by atoms with E-state index < -0.39 is 5.60 Å². The Labute approximate surface area is 137 Å². The number of hydrogen-bond donors (Lipinski definition) is 0. The molecule has 1 aromatic carbocycles. The molecule has 1 aliphatic heterocycles. The zero-order valence-electron chi connectivity index (χ0n) is 14.0. The van der Waals surface area contributed by atoms with Gasteiger partial charge < -0.3 is 9.64 Å². The number of carbonyl (C=O) groups excluding carboxylic acids is 1. The summed E-state index contributed by atoms with van der Waals surface area (Å²) >= 11 is 0. The zero-order valence-corrected chi connectivity index (χ0v) is 14.0. The number of amides is 1. The van der Waals surface area contributed by atoms with Gasteiger partial charge in [-0.25, -0.2) is 4.79 Å². The lowest BCUT2D eigenvalue weighted by molar-refractivity contribution is 0.0197. The summed E-state index contributed by atoms with van der Waals surface area (Å²) < 4.78 is 5.40. The summed E-state index contributed by atoms with van der Waals surface area (Å²) in [7, 11) is 0. The number of rotatable bonds is 3. The number of likely N-dealkylation sites (tertiary alicyclic amines) is 1. The van der Waals surface area contributed by atoms with Crippen LogP contribution in [-0.4, -0.2) is 29.7 Å². The molecule has 0 unspecified atom stereocenters. The van der Waals surface area contributed by atoms with Gasteiger partial charge in [-0.2, -0.15) is 0 Å². The molecule has 1 fully saturated rings. The number of hydrogen-bond acceptors (Lipinski definition) is 4. The molecule has 2 rings (SSSR count). The number of piperidine rings is 1. The molecule has 1 heterocycles. The highest BCUT2D eigenvalue weighted by molar-refractivity contribution is 5.68. The van der Waals surface area contributed by atoms with Crippen molar-refractivity contribution in [2.45, 2.75) is 39.2 Å². The molecule has 0 atom stereocenters. The van der Waals surface area contributed by atoms with E-state index in [1.54, 1.807) is 17.0 Å². The van der Waals surface area contributed by atoms with Crippen molar-refractivity contribution < 1.29 is 9.53 Å². The van der Waals surface area contributed by atoms with Gasteiger partial charge in [0.1, 0.15) is 11.3 Å². The van der Waals surface area contributed by atoms with E-state index in [9.17, 15) is 9.70 Å². The Balaban J connectivity index is 1.85. The first-order valence-electron chi connectivity index (χ1n) is 7.97. The quantitative estimate of drug-likeness (QED) is 0.756. The van der Waals surface area contributed by atoms with Gasteiger partial charge in [0.25, 0.3) is 0 Å². The van der Waals surface area contributed by atoms with Gasteiger partial charge in [-0.15, -0.1) is 4.91 Å². The first kappa shape index (κ1) is 17.2. The smallest absolute Gasteiger partial charge is 0.410 e. The van der Waals surface area contributed by atoms with Gasteiger partial charge in [-0.1, -0.05) is 24.3 Å². The van der Waals surface area contributed by atoms with Crippen LogP contribution < -0.4 is 0 Å². The van der Waals surface area contributed by atoms with Crippen molar-refractivity contribution in [3.63, 3.8) is 0 Å². The maximum atomic E-state index is 12.0. The maximum Gasteiger partial charge on any atom is 0.410 e. The molecule has 5 nitrogen and oxygen atoms in total. The zero-order chi connectivity index (χ0) is 16.9. The van der Waals surface area contributed by atoms with E-state index in [0.717, 1.165) is 18.4 Å². The monoisotopic (exact) mass is 316 g/mol. The van der Waals surface area contributed by atoms with Crippen LogP contribution in [0, 0.1) is 10.8 Å². The summed E-state index contributed by atoms with van der Waals surface area (Å²) in [6, 6.07) is 7.21. The molecule has 0 aliphatic carbocycles. The highest BCUT2D eigenvalue weighted by atomic mass is 16.6. The molecule has 23 heavy (non-hydrogen) atoms. The molecule has 0 bridgehead atoms. The molecule has 0 aromatic heterocycles. The van der Waals surface area contributed by atoms with Crippen molar-refractivity contribution in [3.05, 3.63) is 40.8 Å². The van der Waals surface area contributed by atoms with E-state index in [2.05, 4.69) is 11.3 Å². The number of allylic oxidation sites excluding steroid dienone is 1. The molecule has 0 spiro atoms. The minimum absolute atomic E-state index is 0.232. The number of nitroso groups, excluding NO2 is 1. The molecule has 0 saturated carbocycles. The predicted octanol–water partition coefficient (Wildman–Crippen LogP) is 4.74. The normalized spacial score (nSPS) is 16.6. The van der Waals surface area contributed by atoms with Gasteiger partial charge in [0.2, 0.25) is 0 Å². The Bertz CT molecular complexity index is 582. The Hall–Kier alpha value is -2.17. The molecule has 0 N–H and O–H groups in total. The lowest BCUT2D eigenvalue weighted by Gasteiger charge is -2.32. The standard InChI is InChI=1S/C18H24N2O3/c1-18(2,3)23-17(21)20-11-9-14(10-12-20)7-8-15-5-4-6-16(13-15)19-22/h4-8,13-14H,9-12H2,1-3H3/b8-7+. The second kappa shape index (κ2) is 7.40. The summed E-state index contributed by atoms with van der Waals surface area (Å²) in [5.41, 5.74) is 0.953. The molecule has 5 heteroatoms. The van der Waals surface area contributed by atoms with E-state index >= 15 is 0 Å².